The largest absolute Gasteiger partial charge is 0.454 e. The fraction of sp³-hybridized carbons (Fsp3) is 0.136. The summed E-state index contributed by atoms with van der Waals surface area (Å²) in [4.78, 5) is 25.9. The van der Waals surface area contributed by atoms with Crippen LogP contribution >= 0.6 is 11.6 Å². The molecule has 1 unspecified atom stereocenters. The second-order valence-electron chi connectivity index (χ2n) is 7.18. The molecular weight excluding hydrogens is 422 g/mol. The maximum Gasteiger partial charge on any atom is 0.269 e. The van der Waals surface area contributed by atoms with Gasteiger partial charge in [0.2, 0.25) is 6.79 Å². The van der Waals surface area contributed by atoms with E-state index in [0.717, 1.165) is 5.56 Å². The fourth-order valence-corrected chi connectivity index (χ4v) is 4.01. The molecule has 31 heavy (non-hydrogen) atoms. The van der Waals surface area contributed by atoms with E-state index in [4.69, 9.17) is 21.1 Å². The zero-order chi connectivity index (χ0) is 21.5. The third-order valence-electron chi connectivity index (χ3n) is 5.30. The van der Waals surface area contributed by atoms with Crippen molar-refractivity contribution in [3.05, 3.63) is 92.5 Å². The van der Waals surface area contributed by atoms with E-state index in [2.05, 4.69) is 5.32 Å². The Morgan fingerprint density at radius 2 is 1.90 bits per heavy atom. The summed E-state index contributed by atoms with van der Waals surface area (Å²) in [6.45, 7) is 0.392. The van der Waals surface area contributed by atoms with Crippen molar-refractivity contribution in [2.45, 2.75) is 12.7 Å². The van der Waals surface area contributed by atoms with Crippen LogP contribution in [-0.2, 0) is 6.54 Å². The van der Waals surface area contributed by atoms with Gasteiger partial charge in [-0.2, -0.15) is 0 Å². The molecule has 5 rings (SSSR count). The van der Waals surface area contributed by atoms with E-state index in [1.807, 2.05) is 18.2 Å². The normalized spacial score (nSPS) is 16.6. The average Bonchev–Trinajstić information content (AvgIpc) is 3.24. The van der Waals surface area contributed by atoms with Gasteiger partial charge in [0, 0.05) is 35.0 Å². The first kappa shape index (κ1) is 19.2. The van der Waals surface area contributed by atoms with E-state index < -0.39 is 11.1 Å². The molecule has 1 amide bonds. The fourth-order valence-electron chi connectivity index (χ4n) is 3.79. The first-order valence-electron chi connectivity index (χ1n) is 9.50. The number of carbonyl (C=O) groups is 1. The highest BCUT2D eigenvalue weighted by Gasteiger charge is 2.35. The maximum atomic E-state index is 13.4. The Morgan fingerprint density at radius 1 is 1.10 bits per heavy atom. The lowest BCUT2D eigenvalue weighted by Gasteiger charge is -2.38. The average molecular weight is 438 g/mol. The Balaban J connectivity index is 1.58. The van der Waals surface area contributed by atoms with Gasteiger partial charge in [-0.05, 0) is 35.9 Å². The van der Waals surface area contributed by atoms with Crippen molar-refractivity contribution < 1.29 is 19.2 Å². The van der Waals surface area contributed by atoms with Crippen LogP contribution in [0, 0.1) is 10.1 Å². The number of para-hydroxylation sites is 1. The zero-order valence-corrected chi connectivity index (χ0v) is 16.8. The molecule has 1 atom stereocenters. The standard InChI is InChI=1S/C22H16ClN3O5/c23-17-7-6-14(26(28)29)10-16(17)21-24-18-4-2-1-3-15(18)22(27)25(21)11-13-5-8-19-20(9-13)31-12-30-19/h1-10,21,24H,11-12H2. The van der Waals surface area contributed by atoms with Crippen LogP contribution in [0.3, 0.4) is 0 Å². The summed E-state index contributed by atoms with van der Waals surface area (Å²) in [5.41, 5.74) is 2.32. The van der Waals surface area contributed by atoms with Crippen LogP contribution in [0.1, 0.15) is 27.7 Å². The van der Waals surface area contributed by atoms with Crippen molar-refractivity contribution in [3.63, 3.8) is 0 Å². The molecule has 2 heterocycles. The SMILES string of the molecule is O=C1c2ccccc2NC(c2cc([N+](=O)[O-])ccc2Cl)N1Cc1ccc2c(c1)OCO2. The highest BCUT2D eigenvalue weighted by atomic mass is 35.5. The van der Waals surface area contributed by atoms with Crippen molar-refractivity contribution >= 4 is 28.9 Å². The molecule has 2 aliphatic rings. The molecule has 3 aromatic carbocycles. The number of benzene rings is 3. The number of halogens is 1. The Bertz CT molecular complexity index is 1220. The first-order valence-corrected chi connectivity index (χ1v) is 9.88. The number of amides is 1. The second kappa shape index (κ2) is 7.48. The van der Waals surface area contributed by atoms with Crippen LogP contribution in [0.2, 0.25) is 5.02 Å². The lowest BCUT2D eigenvalue weighted by Crippen LogP contribution is -2.42. The molecule has 0 saturated heterocycles. The number of hydrogen-bond acceptors (Lipinski definition) is 6. The molecule has 0 spiro atoms. The van der Waals surface area contributed by atoms with E-state index >= 15 is 0 Å². The number of non-ortho nitro benzene ring substituents is 1. The van der Waals surface area contributed by atoms with E-state index in [9.17, 15) is 14.9 Å². The Hall–Kier alpha value is -3.78. The molecule has 0 fully saturated rings. The van der Waals surface area contributed by atoms with Crippen LogP contribution in [0.25, 0.3) is 0 Å². The number of carbonyl (C=O) groups excluding carboxylic acids is 1. The smallest absolute Gasteiger partial charge is 0.269 e. The highest BCUT2D eigenvalue weighted by molar-refractivity contribution is 6.31. The van der Waals surface area contributed by atoms with E-state index in [1.165, 1.54) is 18.2 Å². The Morgan fingerprint density at radius 3 is 2.74 bits per heavy atom. The van der Waals surface area contributed by atoms with Gasteiger partial charge in [-0.3, -0.25) is 14.9 Å². The summed E-state index contributed by atoms with van der Waals surface area (Å²) >= 11 is 6.42. The van der Waals surface area contributed by atoms with Crippen molar-refractivity contribution in [2.24, 2.45) is 0 Å². The number of fused-ring (bicyclic) bond motifs is 2. The molecule has 0 bridgehead atoms. The Labute approximate surface area is 182 Å². The predicted molar refractivity (Wildman–Crippen MR) is 113 cm³/mol. The molecule has 1 N–H and O–H groups in total. The van der Waals surface area contributed by atoms with E-state index in [1.54, 1.807) is 29.2 Å². The minimum atomic E-state index is -0.694. The summed E-state index contributed by atoms with van der Waals surface area (Å²) in [6, 6.07) is 16.8. The highest BCUT2D eigenvalue weighted by Crippen LogP contribution is 2.39. The molecule has 0 aromatic heterocycles. The zero-order valence-electron chi connectivity index (χ0n) is 16.1. The summed E-state index contributed by atoms with van der Waals surface area (Å²) in [6.07, 6.45) is -0.694. The monoisotopic (exact) mass is 437 g/mol. The number of anilines is 1. The summed E-state index contributed by atoms with van der Waals surface area (Å²) in [5.74, 6) is 1.05. The number of hydrogen-bond donors (Lipinski definition) is 1. The minimum Gasteiger partial charge on any atom is -0.454 e. The van der Waals surface area contributed by atoms with Crippen LogP contribution in [0.15, 0.2) is 60.7 Å². The first-order chi connectivity index (χ1) is 15.0. The van der Waals surface area contributed by atoms with Gasteiger partial charge in [0.05, 0.1) is 10.5 Å². The van der Waals surface area contributed by atoms with Gasteiger partial charge in [-0.25, -0.2) is 0 Å². The maximum absolute atomic E-state index is 13.4. The molecule has 8 nitrogen and oxygen atoms in total. The number of ether oxygens (including phenoxy) is 2. The topological polar surface area (TPSA) is 93.9 Å². The quantitative estimate of drug-likeness (QED) is 0.468. The third-order valence-corrected chi connectivity index (χ3v) is 5.64. The number of nitrogens with one attached hydrogen (secondary N) is 1. The number of nitrogens with zero attached hydrogens (tertiary/aromatic N) is 2. The van der Waals surface area contributed by atoms with Gasteiger partial charge in [0.25, 0.3) is 11.6 Å². The predicted octanol–water partition coefficient (Wildman–Crippen LogP) is 4.74. The van der Waals surface area contributed by atoms with Crippen molar-refractivity contribution in [1.82, 2.24) is 4.90 Å². The van der Waals surface area contributed by atoms with Crippen LogP contribution in [-0.4, -0.2) is 22.5 Å². The Kier molecular flexibility index (Phi) is 4.63. The molecule has 2 aliphatic heterocycles. The van der Waals surface area contributed by atoms with Gasteiger partial charge in [0.1, 0.15) is 6.17 Å². The number of rotatable bonds is 4. The minimum absolute atomic E-state index is 0.101. The second-order valence-corrected chi connectivity index (χ2v) is 7.58. The van der Waals surface area contributed by atoms with Gasteiger partial charge in [0.15, 0.2) is 11.5 Å². The lowest BCUT2D eigenvalue weighted by molar-refractivity contribution is -0.384. The molecule has 3 aromatic rings. The molecule has 156 valence electrons. The molecule has 0 saturated carbocycles. The van der Waals surface area contributed by atoms with Crippen LogP contribution < -0.4 is 14.8 Å². The molecule has 0 aliphatic carbocycles. The van der Waals surface area contributed by atoms with E-state index in [-0.39, 0.29) is 24.9 Å². The van der Waals surface area contributed by atoms with Gasteiger partial charge >= 0.3 is 0 Å². The van der Waals surface area contributed by atoms with E-state index in [0.29, 0.717) is 33.3 Å². The van der Waals surface area contributed by atoms with Crippen LogP contribution in [0.5, 0.6) is 11.5 Å². The van der Waals surface area contributed by atoms with Crippen molar-refractivity contribution in [3.8, 4) is 11.5 Å². The third kappa shape index (κ3) is 3.40. The number of nitro groups is 1. The van der Waals surface area contributed by atoms with Gasteiger partial charge in [-0.1, -0.05) is 29.8 Å². The summed E-state index contributed by atoms with van der Waals surface area (Å²) in [5, 5.41) is 15.0. The molecular formula is C22H16ClN3O5. The lowest BCUT2D eigenvalue weighted by atomic mass is 10.0. The summed E-state index contributed by atoms with van der Waals surface area (Å²) < 4.78 is 10.8. The van der Waals surface area contributed by atoms with Crippen LogP contribution in [0.4, 0.5) is 11.4 Å². The van der Waals surface area contributed by atoms with Crippen molar-refractivity contribution in [1.29, 1.82) is 0 Å². The van der Waals surface area contributed by atoms with Gasteiger partial charge in [-0.15, -0.1) is 0 Å². The molecule has 9 heteroatoms. The van der Waals surface area contributed by atoms with Crippen molar-refractivity contribution in [2.75, 3.05) is 12.1 Å². The number of nitro benzene ring substituents is 1. The molecule has 0 radical (unpaired) electrons. The summed E-state index contributed by atoms with van der Waals surface area (Å²) in [7, 11) is 0. The van der Waals surface area contributed by atoms with Gasteiger partial charge < -0.3 is 19.7 Å².